The van der Waals surface area contributed by atoms with Gasteiger partial charge in [-0.15, -0.1) is 0 Å². The van der Waals surface area contributed by atoms with Crippen LogP contribution in [-0.2, 0) is 9.59 Å². The molecular formula is C18H32N2O2. The molecule has 0 atom stereocenters. The van der Waals surface area contributed by atoms with E-state index in [9.17, 15) is 9.59 Å². The summed E-state index contributed by atoms with van der Waals surface area (Å²) in [6.07, 6.45) is 17.0. The van der Waals surface area contributed by atoms with Crippen molar-refractivity contribution in [3.05, 3.63) is 25.6 Å². The van der Waals surface area contributed by atoms with Gasteiger partial charge in [0.25, 0.3) is 0 Å². The quantitative estimate of drug-likeness (QED) is 0.300. The molecule has 0 spiro atoms. The Morgan fingerprint density at radius 3 is 1.05 bits per heavy atom. The largest absolute Gasteiger partial charge is 0.322 e. The molecule has 0 heterocycles. The van der Waals surface area contributed by atoms with Crippen LogP contribution < -0.4 is 0 Å². The lowest BCUT2D eigenvalue weighted by Gasteiger charge is -2.11. The number of hydrogen-bond acceptors (Lipinski definition) is 2. The molecule has 0 aliphatic carbocycles. The number of carbonyl (C=O) groups is 2. The molecule has 0 N–H and O–H groups in total. The van der Waals surface area contributed by atoms with Crippen LogP contribution >= 0.6 is 0 Å². The fourth-order valence-electron chi connectivity index (χ4n) is 2.38. The van der Waals surface area contributed by atoms with Gasteiger partial charge >= 0.3 is 0 Å². The van der Waals surface area contributed by atoms with Gasteiger partial charge in [-0.3, -0.25) is 9.59 Å². The predicted molar refractivity (Wildman–Crippen MR) is 92.1 cm³/mol. The fourth-order valence-corrected chi connectivity index (χ4v) is 2.38. The summed E-state index contributed by atoms with van der Waals surface area (Å²) < 4.78 is 0. The van der Waals surface area contributed by atoms with Crippen molar-refractivity contribution in [2.75, 3.05) is 13.1 Å². The maximum Gasteiger partial charge on any atom is 0.213 e. The van der Waals surface area contributed by atoms with Gasteiger partial charge < -0.3 is 9.80 Å². The van der Waals surface area contributed by atoms with Crippen molar-refractivity contribution >= 4 is 12.8 Å². The molecule has 4 nitrogen and oxygen atoms in total. The van der Waals surface area contributed by atoms with Gasteiger partial charge in [0.15, 0.2) is 0 Å². The molecule has 0 rings (SSSR count). The van der Waals surface area contributed by atoms with E-state index in [0.29, 0.717) is 0 Å². The van der Waals surface area contributed by atoms with Crippen LogP contribution in [0.2, 0.25) is 0 Å². The molecule has 0 unspecified atom stereocenters. The highest BCUT2D eigenvalue weighted by molar-refractivity contribution is 5.48. The Morgan fingerprint density at radius 1 is 0.545 bits per heavy atom. The van der Waals surface area contributed by atoms with Crippen molar-refractivity contribution in [3.8, 4) is 0 Å². The maximum absolute atomic E-state index is 10.6. The third kappa shape index (κ3) is 12.2. The summed E-state index contributed by atoms with van der Waals surface area (Å²) in [4.78, 5) is 24.3. The van der Waals surface area contributed by atoms with E-state index in [1.165, 1.54) is 51.4 Å². The third-order valence-corrected chi connectivity index (χ3v) is 3.82. The highest BCUT2D eigenvalue weighted by atomic mass is 16.1. The minimum Gasteiger partial charge on any atom is -0.322 e. The second-order valence-corrected chi connectivity index (χ2v) is 5.59. The number of amides is 2. The molecule has 0 aromatic heterocycles. The van der Waals surface area contributed by atoms with Gasteiger partial charge in [0.05, 0.1) is 0 Å². The first kappa shape index (κ1) is 20.4. The van der Waals surface area contributed by atoms with Crippen molar-refractivity contribution in [1.29, 1.82) is 0 Å². The number of nitrogens with zero attached hydrogens (tertiary/aromatic N) is 2. The minimum atomic E-state index is 0.787. The summed E-state index contributed by atoms with van der Waals surface area (Å²) in [5, 5.41) is 0. The van der Waals surface area contributed by atoms with Crippen LogP contribution in [-0.4, -0.2) is 35.7 Å². The Balaban J connectivity index is 3.20. The standard InChI is InChI=1S/C18H32N2O2/c1-3-19(17-21)15-13-11-9-7-5-6-8-10-12-14-16-20(4-2)18-22/h3-4,17-18H,1-2,5-16H2. The third-order valence-electron chi connectivity index (χ3n) is 3.82. The van der Waals surface area contributed by atoms with Crippen molar-refractivity contribution in [2.24, 2.45) is 0 Å². The van der Waals surface area contributed by atoms with E-state index < -0.39 is 0 Å². The monoisotopic (exact) mass is 308 g/mol. The van der Waals surface area contributed by atoms with E-state index >= 15 is 0 Å². The lowest BCUT2D eigenvalue weighted by Crippen LogP contribution is -2.15. The van der Waals surface area contributed by atoms with E-state index in [4.69, 9.17) is 0 Å². The molecular weight excluding hydrogens is 276 g/mol. The number of hydrogen-bond donors (Lipinski definition) is 0. The van der Waals surface area contributed by atoms with Crippen LogP contribution in [0.4, 0.5) is 0 Å². The molecule has 0 aromatic rings. The van der Waals surface area contributed by atoms with Crippen molar-refractivity contribution in [3.63, 3.8) is 0 Å². The molecule has 2 amide bonds. The van der Waals surface area contributed by atoms with Gasteiger partial charge in [-0.1, -0.05) is 64.5 Å². The molecule has 0 saturated carbocycles. The molecule has 0 aliphatic heterocycles. The van der Waals surface area contributed by atoms with E-state index in [1.807, 2.05) is 0 Å². The molecule has 0 fully saturated rings. The molecule has 0 radical (unpaired) electrons. The highest BCUT2D eigenvalue weighted by Gasteiger charge is 1.97. The van der Waals surface area contributed by atoms with Gasteiger partial charge in [-0.2, -0.15) is 0 Å². The summed E-state index contributed by atoms with van der Waals surface area (Å²) >= 11 is 0. The lowest BCUT2D eigenvalue weighted by atomic mass is 10.1. The number of carbonyl (C=O) groups excluding carboxylic acids is 2. The molecule has 0 aliphatic rings. The number of unbranched alkanes of at least 4 members (excludes halogenated alkanes) is 9. The Labute approximate surface area is 135 Å². The second kappa shape index (κ2) is 15.8. The van der Waals surface area contributed by atoms with Crippen molar-refractivity contribution in [2.45, 2.75) is 64.2 Å². The fraction of sp³-hybridized carbons (Fsp3) is 0.667. The Bertz CT molecular complexity index is 259. The normalized spacial score (nSPS) is 10.0. The first-order valence-electron chi connectivity index (χ1n) is 8.45. The summed E-state index contributed by atoms with van der Waals surface area (Å²) in [6, 6.07) is 0. The van der Waals surface area contributed by atoms with Gasteiger partial charge in [0.2, 0.25) is 12.8 Å². The van der Waals surface area contributed by atoms with Crippen LogP contribution in [0.5, 0.6) is 0 Å². The lowest BCUT2D eigenvalue weighted by molar-refractivity contribution is -0.116. The SMILES string of the molecule is C=CN(C=O)CCCCCCCCCCCCN(C=C)C=O. The van der Waals surface area contributed by atoms with Crippen LogP contribution in [0, 0.1) is 0 Å². The zero-order valence-electron chi connectivity index (χ0n) is 13.9. The van der Waals surface area contributed by atoms with E-state index in [-0.39, 0.29) is 0 Å². The van der Waals surface area contributed by atoms with Crippen LogP contribution in [0.15, 0.2) is 25.6 Å². The Hall–Kier alpha value is -1.58. The average Bonchev–Trinajstić information content (AvgIpc) is 2.55. The molecule has 4 heteroatoms. The molecule has 0 saturated heterocycles. The maximum atomic E-state index is 10.6. The second-order valence-electron chi connectivity index (χ2n) is 5.59. The molecule has 0 bridgehead atoms. The highest BCUT2D eigenvalue weighted by Crippen LogP contribution is 2.11. The predicted octanol–water partition coefficient (Wildman–Crippen LogP) is 4.09. The van der Waals surface area contributed by atoms with Gasteiger partial charge in [0, 0.05) is 13.1 Å². The van der Waals surface area contributed by atoms with E-state index in [2.05, 4.69) is 13.2 Å². The minimum absolute atomic E-state index is 0.787. The summed E-state index contributed by atoms with van der Waals surface area (Å²) in [5.41, 5.74) is 0. The van der Waals surface area contributed by atoms with Crippen LogP contribution in [0.3, 0.4) is 0 Å². The molecule has 126 valence electrons. The average molecular weight is 308 g/mol. The Kier molecular flexibility index (Phi) is 14.7. The zero-order valence-corrected chi connectivity index (χ0v) is 13.9. The Morgan fingerprint density at radius 2 is 0.818 bits per heavy atom. The smallest absolute Gasteiger partial charge is 0.213 e. The van der Waals surface area contributed by atoms with Gasteiger partial charge in [-0.25, -0.2) is 0 Å². The van der Waals surface area contributed by atoms with E-state index in [1.54, 1.807) is 22.2 Å². The summed E-state index contributed by atoms with van der Waals surface area (Å²) in [7, 11) is 0. The first-order valence-corrected chi connectivity index (χ1v) is 8.45. The van der Waals surface area contributed by atoms with E-state index in [0.717, 1.165) is 38.8 Å². The topological polar surface area (TPSA) is 40.6 Å². The van der Waals surface area contributed by atoms with Gasteiger partial charge in [-0.05, 0) is 25.2 Å². The summed E-state index contributed by atoms with van der Waals surface area (Å²) in [5.74, 6) is 0. The number of rotatable bonds is 17. The first-order chi connectivity index (χ1) is 10.8. The van der Waals surface area contributed by atoms with Crippen LogP contribution in [0.1, 0.15) is 64.2 Å². The molecule has 22 heavy (non-hydrogen) atoms. The zero-order chi connectivity index (χ0) is 16.5. The molecule has 0 aromatic carbocycles. The summed E-state index contributed by atoms with van der Waals surface area (Å²) in [6.45, 7) is 8.76. The van der Waals surface area contributed by atoms with Crippen molar-refractivity contribution in [1.82, 2.24) is 9.80 Å². The van der Waals surface area contributed by atoms with Crippen molar-refractivity contribution < 1.29 is 9.59 Å². The van der Waals surface area contributed by atoms with Gasteiger partial charge in [0.1, 0.15) is 0 Å². The van der Waals surface area contributed by atoms with Crippen LogP contribution in [0.25, 0.3) is 0 Å².